The predicted molar refractivity (Wildman–Crippen MR) is 57.2 cm³/mol. The number of nitro benzene ring substituents is 1. The molecule has 1 rings (SSSR count). The molecule has 1 aromatic carbocycles. The molecular formula is C9H10N4O2. The van der Waals surface area contributed by atoms with Crippen molar-refractivity contribution < 1.29 is 4.92 Å². The summed E-state index contributed by atoms with van der Waals surface area (Å²) in [4.78, 5) is 10.0. The minimum absolute atomic E-state index is 0.0605. The maximum absolute atomic E-state index is 10.5. The van der Waals surface area contributed by atoms with Crippen LogP contribution < -0.4 is 5.43 Å². The van der Waals surface area contributed by atoms with Crippen molar-refractivity contribution in [2.24, 2.45) is 5.10 Å². The van der Waals surface area contributed by atoms with Crippen molar-refractivity contribution in [3.05, 3.63) is 39.9 Å². The molecule has 0 amide bonds. The van der Waals surface area contributed by atoms with E-state index in [-0.39, 0.29) is 5.69 Å². The third-order valence-corrected chi connectivity index (χ3v) is 1.64. The fourth-order valence-electron chi connectivity index (χ4n) is 1.01. The largest absolute Gasteiger partial charge is 0.307 e. The van der Waals surface area contributed by atoms with Crippen molar-refractivity contribution in [2.75, 3.05) is 0 Å². The SMILES string of the molecule is N=CC=NNCc1cccc([N+](=O)[O-])c1. The van der Waals surface area contributed by atoms with Gasteiger partial charge in [0.15, 0.2) is 0 Å². The smallest absolute Gasteiger partial charge is 0.269 e. The number of non-ortho nitro benzene ring substituents is 1. The number of hydrogen-bond donors (Lipinski definition) is 2. The Kier molecular flexibility index (Phi) is 3.96. The lowest BCUT2D eigenvalue weighted by Crippen LogP contribution is -2.05. The van der Waals surface area contributed by atoms with Gasteiger partial charge in [-0.15, -0.1) is 0 Å². The lowest BCUT2D eigenvalue weighted by atomic mass is 10.2. The van der Waals surface area contributed by atoms with Crippen LogP contribution in [0.1, 0.15) is 5.56 Å². The number of benzene rings is 1. The van der Waals surface area contributed by atoms with Gasteiger partial charge >= 0.3 is 0 Å². The molecule has 0 spiro atoms. The Balaban J connectivity index is 2.61. The first-order chi connectivity index (χ1) is 7.24. The molecule has 0 saturated heterocycles. The van der Waals surface area contributed by atoms with E-state index in [4.69, 9.17) is 5.41 Å². The van der Waals surface area contributed by atoms with E-state index in [1.54, 1.807) is 12.1 Å². The summed E-state index contributed by atoms with van der Waals surface area (Å²) in [6.45, 7) is 0.395. The topological polar surface area (TPSA) is 91.4 Å². The summed E-state index contributed by atoms with van der Waals surface area (Å²) in [5.41, 5.74) is 3.49. The summed E-state index contributed by atoms with van der Waals surface area (Å²) >= 11 is 0. The molecule has 0 radical (unpaired) electrons. The highest BCUT2D eigenvalue weighted by Crippen LogP contribution is 2.12. The monoisotopic (exact) mass is 206 g/mol. The summed E-state index contributed by atoms with van der Waals surface area (Å²) in [6.07, 6.45) is 2.33. The Morgan fingerprint density at radius 3 is 3.07 bits per heavy atom. The molecule has 6 heteroatoms. The zero-order chi connectivity index (χ0) is 11.1. The number of rotatable bonds is 5. The Morgan fingerprint density at radius 1 is 1.60 bits per heavy atom. The van der Waals surface area contributed by atoms with Crippen LogP contribution in [0.15, 0.2) is 29.4 Å². The molecular weight excluding hydrogens is 196 g/mol. The molecule has 15 heavy (non-hydrogen) atoms. The molecule has 0 unspecified atom stereocenters. The van der Waals surface area contributed by atoms with E-state index in [2.05, 4.69) is 10.5 Å². The van der Waals surface area contributed by atoms with E-state index in [1.165, 1.54) is 18.3 Å². The number of nitro groups is 1. The van der Waals surface area contributed by atoms with Crippen LogP contribution in [0.4, 0.5) is 5.69 Å². The molecule has 0 atom stereocenters. The van der Waals surface area contributed by atoms with Crippen LogP contribution in [0.25, 0.3) is 0 Å². The second kappa shape index (κ2) is 5.48. The Labute approximate surface area is 86.3 Å². The van der Waals surface area contributed by atoms with Gasteiger partial charge in [0.1, 0.15) is 0 Å². The summed E-state index contributed by atoms with van der Waals surface area (Å²) in [5, 5.41) is 20.8. The van der Waals surface area contributed by atoms with E-state index < -0.39 is 4.92 Å². The molecule has 6 nitrogen and oxygen atoms in total. The minimum Gasteiger partial charge on any atom is -0.307 e. The second-order valence-corrected chi connectivity index (χ2v) is 2.71. The van der Waals surface area contributed by atoms with E-state index >= 15 is 0 Å². The Morgan fingerprint density at radius 2 is 2.40 bits per heavy atom. The second-order valence-electron chi connectivity index (χ2n) is 2.71. The molecule has 78 valence electrons. The van der Waals surface area contributed by atoms with Gasteiger partial charge in [-0.3, -0.25) is 10.1 Å². The van der Waals surface area contributed by atoms with Gasteiger partial charge < -0.3 is 10.8 Å². The third-order valence-electron chi connectivity index (χ3n) is 1.64. The van der Waals surface area contributed by atoms with Gasteiger partial charge in [-0.25, -0.2) is 0 Å². The van der Waals surface area contributed by atoms with Crippen LogP contribution in [0, 0.1) is 15.5 Å². The first kappa shape index (κ1) is 10.8. The number of nitrogens with one attached hydrogen (secondary N) is 2. The number of hydrogen-bond acceptors (Lipinski definition) is 5. The van der Waals surface area contributed by atoms with E-state index in [0.717, 1.165) is 11.8 Å². The number of nitrogens with zero attached hydrogens (tertiary/aromatic N) is 2. The van der Waals surface area contributed by atoms with Gasteiger partial charge in [-0.05, 0) is 5.56 Å². The van der Waals surface area contributed by atoms with E-state index in [1.807, 2.05) is 0 Å². The fraction of sp³-hybridized carbons (Fsp3) is 0.111. The summed E-state index contributed by atoms with van der Waals surface area (Å²) < 4.78 is 0. The van der Waals surface area contributed by atoms with Crippen LogP contribution in [0.3, 0.4) is 0 Å². The van der Waals surface area contributed by atoms with Crippen molar-refractivity contribution in [1.82, 2.24) is 5.43 Å². The minimum atomic E-state index is -0.440. The van der Waals surface area contributed by atoms with Crippen molar-refractivity contribution in [3.63, 3.8) is 0 Å². The fourth-order valence-corrected chi connectivity index (χ4v) is 1.01. The lowest BCUT2D eigenvalue weighted by Gasteiger charge is -1.99. The van der Waals surface area contributed by atoms with Gasteiger partial charge in [-0.2, -0.15) is 5.10 Å². The summed E-state index contributed by atoms with van der Waals surface area (Å²) in [6, 6.07) is 6.30. The quantitative estimate of drug-likeness (QED) is 0.432. The molecule has 0 saturated carbocycles. The molecule has 0 aromatic heterocycles. The number of hydrazone groups is 1. The van der Waals surface area contributed by atoms with Crippen LogP contribution >= 0.6 is 0 Å². The van der Waals surface area contributed by atoms with Crippen molar-refractivity contribution in [2.45, 2.75) is 6.54 Å². The summed E-state index contributed by atoms with van der Waals surface area (Å²) in [7, 11) is 0. The Hall–Kier alpha value is -2.24. The maximum Gasteiger partial charge on any atom is 0.269 e. The molecule has 0 bridgehead atoms. The maximum atomic E-state index is 10.5. The van der Waals surface area contributed by atoms with Gasteiger partial charge in [-0.1, -0.05) is 12.1 Å². The van der Waals surface area contributed by atoms with Crippen molar-refractivity contribution >= 4 is 18.1 Å². The molecule has 0 fully saturated rings. The predicted octanol–water partition coefficient (Wildman–Crippen LogP) is 1.32. The highest BCUT2D eigenvalue weighted by Gasteiger charge is 2.04. The van der Waals surface area contributed by atoms with Crippen LogP contribution in [-0.2, 0) is 6.54 Å². The van der Waals surface area contributed by atoms with Gasteiger partial charge in [0, 0.05) is 18.3 Å². The van der Waals surface area contributed by atoms with Crippen molar-refractivity contribution in [3.8, 4) is 0 Å². The molecule has 2 N–H and O–H groups in total. The third kappa shape index (κ3) is 3.55. The lowest BCUT2D eigenvalue weighted by molar-refractivity contribution is -0.384. The average Bonchev–Trinajstić information content (AvgIpc) is 2.25. The highest BCUT2D eigenvalue weighted by molar-refractivity contribution is 6.14. The first-order valence-corrected chi connectivity index (χ1v) is 4.22. The van der Waals surface area contributed by atoms with Gasteiger partial charge in [0.25, 0.3) is 5.69 Å². The van der Waals surface area contributed by atoms with Crippen LogP contribution in [-0.4, -0.2) is 17.4 Å². The van der Waals surface area contributed by atoms with Crippen molar-refractivity contribution in [1.29, 1.82) is 5.41 Å². The van der Waals surface area contributed by atoms with Gasteiger partial charge in [0.2, 0.25) is 0 Å². The zero-order valence-electron chi connectivity index (χ0n) is 7.88. The molecule has 0 aliphatic rings. The highest BCUT2D eigenvalue weighted by atomic mass is 16.6. The van der Waals surface area contributed by atoms with Crippen LogP contribution in [0.2, 0.25) is 0 Å². The summed E-state index contributed by atoms with van der Waals surface area (Å²) in [5.74, 6) is 0. The molecule has 1 aromatic rings. The average molecular weight is 206 g/mol. The molecule has 0 aliphatic heterocycles. The van der Waals surface area contributed by atoms with E-state index in [0.29, 0.717) is 6.54 Å². The Bertz CT molecular complexity index is 389. The van der Waals surface area contributed by atoms with E-state index in [9.17, 15) is 10.1 Å². The molecule has 0 heterocycles. The first-order valence-electron chi connectivity index (χ1n) is 4.22. The standard InChI is InChI=1S/C9H10N4O2/c10-4-5-11-12-7-8-2-1-3-9(6-8)13(14)15/h1-6,10,12H,7H2. The van der Waals surface area contributed by atoms with Gasteiger partial charge in [0.05, 0.1) is 17.7 Å². The zero-order valence-corrected chi connectivity index (χ0v) is 7.88. The normalized spacial score (nSPS) is 10.1. The molecule has 0 aliphatic carbocycles. The van der Waals surface area contributed by atoms with Crippen LogP contribution in [0.5, 0.6) is 0 Å².